The smallest absolute Gasteiger partial charge is 0.263 e. The minimum atomic E-state index is -0.431. The minimum absolute atomic E-state index is 0.0161. The third-order valence-corrected chi connectivity index (χ3v) is 4.69. The van der Waals surface area contributed by atoms with Gasteiger partial charge in [-0.1, -0.05) is 38.3 Å². The van der Waals surface area contributed by atoms with Crippen LogP contribution in [0, 0.1) is 5.92 Å². The summed E-state index contributed by atoms with van der Waals surface area (Å²) in [5, 5.41) is 6.49. The van der Waals surface area contributed by atoms with Gasteiger partial charge in [-0.25, -0.2) is 0 Å². The predicted molar refractivity (Wildman–Crippen MR) is 83.5 cm³/mol. The zero-order valence-corrected chi connectivity index (χ0v) is 12.6. The van der Waals surface area contributed by atoms with Crippen LogP contribution >= 0.6 is 0 Å². The molecule has 21 heavy (non-hydrogen) atoms. The number of fused-ring (bicyclic) bond motifs is 1. The third kappa shape index (κ3) is 3.14. The Morgan fingerprint density at radius 3 is 3.00 bits per heavy atom. The first-order chi connectivity index (χ1) is 10.3. The van der Waals surface area contributed by atoms with E-state index in [4.69, 9.17) is 4.74 Å². The van der Waals surface area contributed by atoms with Gasteiger partial charge in [0.15, 0.2) is 6.10 Å². The van der Waals surface area contributed by atoms with E-state index in [1.165, 1.54) is 19.3 Å². The Kier molecular flexibility index (Phi) is 4.32. The van der Waals surface area contributed by atoms with Crippen LogP contribution in [0.25, 0.3) is 0 Å². The van der Waals surface area contributed by atoms with Crippen LogP contribution in [0.15, 0.2) is 24.3 Å². The molecule has 1 aliphatic heterocycles. The summed E-state index contributed by atoms with van der Waals surface area (Å²) in [4.78, 5) is 12.5. The van der Waals surface area contributed by atoms with Gasteiger partial charge in [-0.05, 0) is 30.9 Å². The lowest BCUT2D eigenvalue weighted by atomic mass is 9.83. The maximum Gasteiger partial charge on any atom is 0.263 e. The lowest BCUT2D eigenvalue weighted by molar-refractivity contribution is -0.129. The van der Waals surface area contributed by atoms with Crippen molar-refractivity contribution in [3.05, 3.63) is 24.3 Å². The molecule has 2 aliphatic rings. The lowest BCUT2D eigenvalue weighted by Crippen LogP contribution is -2.50. The molecule has 3 unspecified atom stereocenters. The van der Waals surface area contributed by atoms with Crippen LogP contribution in [0.4, 0.5) is 5.69 Å². The van der Waals surface area contributed by atoms with Gasteiger partial charge in [-0.2, -0.15) is 0 Å². The first-order valence-corrected chi connectivity index (χ1v) is 8.08. The molecule has 1 saturated carbocycles. The standard InChI is InChI=1S/C17H24N2O2/c1-2-12-7-3-4-8-13(12)19-17(20)16-11-18-14-9-5-6-10-15(14)21-16/h5-6,9-10,12-13,16,18H,2-4,7-8,11H2,1H3,(H,19,20). The first kappa shape index (κ1) is 14.2. The highest BCUT2D eigenvalue weighted by Gasteiger charge is 2.30. The number of benzene rings is 1. The highest BCUT2D eigenvalue weighted by molar-refractivity contribution is 5.83. The minimum Gasteiger partial charge on any atom is -0.477 e. The zero-order chi connectivity index (χ0) is 14.7. The van der Waals surface area contributed by atoms with Gasteiger partial charge in [0, 0.05) is 6.04 Å². The molecule has 0 bridgehead atoms. The molecule has 3 rings (SSSR count). The van der Waals surface area contributed by atoms with E-state index < -0.39 is 6.10 Å². The van der Waals surface area contributed by atoms with Gasteiger partial charge >= 0.3 is 0 Å². The van der Waals surface area contributed by atoms with Crippen molar-refractivity contribution < 1.29 is 9.53 Å². The van der Waals surface area contributed by atoms with Crippen molar-refractivity contribution in [2.45, 2.75) is 51.2 Å². The maximum absolute atomic E-state index is 12.5. The Labute approximate surface area is 126 Å². The number of rotatable bonds is 3. The van der Waals surface area contributed by atoms with Crippen molar-refractivity contribution >= 4 is 11.6 Å². The van der Waals surface area contributed by atoms with Gasteiger partial charge < -0.3 is 15.4 Å². The van der Waals surface area contributed by atoms with E-state index in [9.17, 15) is 4.79 Å². The van der Waals surface area contributed by atoms with Gasteiger partial charge in [0.05, 0.1) is 12.2 Å². The van der Waals surface area contributed by atoms with E-state index in [0.717, 1.165) is 24.3 Å². The molecule has 4 nitrogen and oxygen atoms in total. The Morgan fingerprint density at radius 1 is 1.33 bits per heavy atom. The second kappa shape index (κ2) is 6.37. The summed E-state index contributed by atoms with van der Waals surface area (Å²) >= 11 is 0. The van der Waals surface area contributed by atoms with Crippen LogP contribution in [0.1, 0.15) is 39.0 Å². The summed E-state index contributed by atoms with van der Waals surface area (Å²) in [6, 6.07) is 8.07. The fraction of sp³-hybridized carbons (Fsp3) is 0.588. The van der Waals surface area contributed by atoms with Crippen LogP contribution in [-0.4, -0.2) is 24.6 Å². The third-order valence-electron chi connectivity index (χ3n) is 4.69. The van der Waals surface area contributed by atoms with E-state index in [1.807, 2.05) is 24.3 Å². The zero-order valence-electron chi connectivity index (χ0n) is 12.6. The Hall–Kier alpha value is -1.71. The SMILES string of the molecule is CCC1CCCCC1NC(=O)C1CNc2ccccc2O1. The Morgan fingerprint density at radius 2 is 2.14 bits per heavy atom. The normalized spacial score (nSPS) is 28.0. The van der Waals surface area contributed by atoms with E-state index in [0.29, 0.717) is 18.5 Å². The summed E-state index contributed by atoms with van der Waals surface area (Å²) in [5.74, 6) is 1.40. The van der Waals surface area contributed by atoms with Crippen LogP contribution in [0.5, 0.6) is 5.75 Å². The molecular weight excluding hydrogens is 264 g/mol. The number of para-hydroxylation sites is 2. The number of hydrogen-bond acceptors (Lipinski definition) is 3. The van der Waals surface area contributed by atoms with Gasteiger partial charge in [-0.3, -0.25) is 4.79 Å². The van der Waals surface area contributed by atoms with Gasteiger partial charge in [0.2, 0.25) is 0 Å². The topological polar surface area (TPSA) is 50.4 Å². The van der Waals surface area contributed by atoms with Crippen LogP contribution in [0.2, 0.25) is 0 Å². The Bertz CT molecular complexity index is 503. The summed E-state index contributed by atoms with van der Waals surface area (Å²) in [5.41, 5.74) is 0.964. The number of carbonyl (C=O) groups excluding carboxylic acids is 1. The molecule has 1 aromatic carbocycles. The molecule has 0 saturated heterocycles. The Balaban J connectivity index is 1.61. The molecule has 0 spiro atoms. The van der Waals surface area contributed by atoms with Crippen LogP contribution in [0.3, 0.4) is 0 Å². The molecule has 0 radical (unpaired) electrons. The van der Waals surface area contributed by atoms with Crippen molar-refractivity contribution in [1.82, 2.24) is 5.32 Å². The largest absolute Gasteiger partial charge is 0.477 e. The molecule has 114 valence electrons. The second-order valence-corrected chi connectivity index (χ2v) is 6.05. The summed E-state index contributed by atoms with van der Waals surface area (Å²) in [6.45, 7) is 2.75. The number of hydrogen-bond donors (Lipinski definition) is 2. The molecule has 1 heterocycles. The molecule has 2 N–H and O–H groups in total. The first-order valence-electron chi connectivity index (χ1n) is 8.08. The van der Waals surface area contributed by atoms with E-state index >= 15 is 0 Å². The van der Waals surface area contributed by atoms with Crippen LogP contribution in [-0.2, 0) is 4.79 Å². The molecule has 3 atom stereocenters. The average molecular weight is 288 g/mol. The van der Waals surface area contributed by atoms with Gasteiger partial charge in [0.25, 0.3) is 5.91 Å². The number of amides is 1. The number of anilines is 1. The van der Waals surface area contributed by atoms with Crippen molar-refractivity contribution in [2.75, 3.05) is 11.9 Å². The van der Waals surface area contributed by atoms with Crippen molar-refractivity contribution in [3.8, 4) is 5.75 Å². The summed E-state index contributed by atoms with van der Waals surface area (Å²) in [6.07, 6.45) is 5.54. The predicted octanol–water partition coefficient (Wildman–Crippen LogP) is 2.94. The van der Waals surface area contributed by atoms with Crippen molar-refractivity contribution in [2.24, 2.45) is 5.92 Å². The van der Waals surface area contributed by atoms with Crippen LogP contribution < -0.4 is 15.4 Å². The van der Waals surface area contributed by atoms with Crippen molar-refractivity contribution in [3.63, 3.8) is 0 Å². The van der Waals surface area contributed by atoms with E-state index in [2.05, 4.69) is 17.6 Å². The maximum atomic E-state index is 12.5. The fourth-order valence-corrected chi connectivity index (χ4v) is 3.42. The second-order valence-electron chi connectivity index (χ2n) is 6.05. The molecule has 0 aromatic heterocycles. The molecule has 1 aliphatic carbocycles. The molecular formula is C17H24N2O2. The highest BCUT2D eigenvalue weighted by atomic mass is 16.5. The van der Waals surface area contributed by atoms with Gasteiger partial charge in [0.1, 0.15) is 5.75 Å². The van der Waals surface area contributed by atoms with Gasteiger partial charge in [-0.15, -0.1) is 0 Å². The monoisotopic (exact) mass is 288 g/mol. The number of nitrogens with one attached hydrogen (secondary N) is 2. The van der Waals surface area contributed by atoms with E-state index in [-0.39, 0.29) is 5.91 Å². The number of carbonyl (C=O) groups is 1. The number of ether oxygens (including phenoxy) is 1. The van der Waals surface area contributed by atoms with E-state index in [1.54, 1.807) is 0 Å². The molecule has 1 fully saturated rings. The molecule has 4 heteroatoms. The lowest BCUT2D eigenvalue weighted by Gasteiger charge is -2.33. The fourth-order valence-electron chi connectivity index (χ4n) is 3.42. The summed E-state index contributed by atoms with van der Waals surface area (Å²) < 4.78 is 5.83. The quantitative estimate of drug-likeness (QED) is 0.899. The summed E-state index contributed by atoms with van der Waals surface area (Å²) in [7, 11) is 0. The molecule has 1 aromatic rings. The highest BCUT2D eigenvalue weighted by Crippen LogP contribution is 2.29. The molecule has 1 amide bonds. The average Bonchev–Trinajstić information content (AvgIpc) is 2.55. The van der Waals surface area contributed by atoms with Crippen molar-refractivity contribution in [1.29, 1.82) is 0 Å².